The number of hydrogen-bond donors (Lipinski definition) is 1. The van der Waals surface area contributed by atoms with Crippen LogP contribution in [0.1, 0.15) is 18.4 Å². The Kier molecular flexibility index (Phi) is 5.31. The first-order valence-corrected chi connectivity index (χ1v) is 7.20. The number of benzene rings is 1. The summed E-state index contributed by atoms with van der Waals surface area (Å²) >= 11 is 0. The minimum Gasteiger partial charge on any atom is -0.349 e. The Balaban J connectivity index is 1.97. The molecule has 6 nitrogen and oxygen atoms in total. The number of halogens is 1. The molecular weight excluding hydrogens is 297 g/mol. The summed E-state index contributed by atoms with van der Waals surface area (Å²) < 4.78 is 15.2. The number of nitriles is 1. The maximum absolute atomic E-state index is 13.5. The summed E-state index contributed by atoms with van der Waals surface area (Å²) in [6, 6.07) is 7.96. The summed E-state index contributed by atoms with van der Waals surface area (Å²) in [5, 5.41) is 16.2. The van der Waals surface area contributed by atoms with Crippen LogP contribution in [0.4, 0.5) is 15.9 Å². The molecule has 1 aromatic carbocycles. The van der Waals surface area contributed by atoms with Gasteiger partial charge < -0.3 is 10.2 Å². The molecule has 0 bridgehead atoms. The van der Waals surface area contributed by atoms with Crippen molar-refractivity contribution in [1.82, 2.24) is 14.7 Å². The molecule has 0 saturated heterocycles. The van der Waals surface area contributed by atoms with Crippen LogP contribution < -0.4 is 5.32 Å². The number of hydrogen-bond acceptors (Lipinski definition) is 4. The molecule has 120 valence electrons. The SMILES string of the molecule is CN(C)C(=O)CCCn1ccc(Nc2cccc(F)c2C#N)n1. The fourth-order valence-electron chi connectivity index (χ4n) is 2.05. The van der Waals surface area contributed by atoms with E-state index in [1.807, 2.05) is 6.07 Å². The first-order valence-electron chi connectivity index (χ1n) is 7.20. The van der Waals surface area contributed by atoms with Crippen molar-refractivity contribution in [3.63, 3.8) is 0 Å². The van der Waals surface area contributed by atoms with Crippen LogP contribution >= 0.6 is 0 Å². The lowest BCUT2D eigenvalue weighted by molar-refractivity contribution is -0.128. The van der Waals surface area contributed by atoms with Crippen molar-refractivity contribution in [3.8, 4) is 6.07 Å². The van der Waals surface area contributed by atoms with E-state index in [-0.39, 0.29) is 11.5 Å². The molecule has 0 aliphatic rings. The number of nitrogens with zero attached hydrogens (tertiary/aromatic N) is 4. The second kappa shape index (κ2) is 7.40. The van der Waals surface area contributed by atoms with Gasteiger partial charge in [0.2, 0.25) is 5.91 Å². The Bertz CT molecular complexity index is 732. The number of amides is 1. The van der Waals surface area contributed by atoms with E-state index in [1.165, 1.54) is 12.1 Å². The maximum Gasteiger partial charge on any atom is 0.222 e. The molecule has 7 heteroatoms. The molecule has 0 fully saturated rings. The molecule has 1 heterocycles. The topological polar surface area (TPSA) is 74.0 Å². The van der Waals surface area contributed by atoms with Crippen LogP contribution in [0.25, 0.3) is 0 Å². The van der Waals surface area contributed by atoms with E-state index in [1.54, 1.807) is 42.0 Å². The highest BCUT2D eigenvalue weighted by Gasteiger charge is 2.09. The third-order valence-corrected chi connectivity index (χ3v) is 3.31. The van der Waals surface area contributed by atoms with Gasteiger partial charge in [-0.2, -0.15) is 10.4 Å². The van der Waals surface area contributed by atoms with Gasteiger partial charge in [-0.3, -0.25) is 9.48 Å². The van der Waals surface area contributed by atoms with Crippen molar-refractivity contribution in [1.29, 1.82) is 5.26 Å². The van der Waals surface area contributed by atoms with Gasteiger partial charge in [-0.05, 0) is 18.6 Å². The van der Waals surface area contributed by atoms with Crippen molar-refractivity contribution >= 4 is 17.4 Å². The molecule has 2 aromatic rings. The van der Waals surface area contributed by atoms with Gasteiger partial charge in [0, 0.05) is 39.3 Å². The van der Waals surface area contributed by atoms with Gasteiger partial charge in [0.05, 0.1) is 5.69 Å². The lowest BCUT2D eigenvalue weighted by Gasteiger charge is -2.09. The molecule has 1 aromatic heterocycles. The normalized spacial score (nSPS) is 10.2. The van der Waals surface area contributed by atoms with Crippen LogP contribution in [-0.4, -0.2) is 34.7 Å². The third kappa shape index (κ3) is 4.30. The molecular formula is C16H18FN5O. The van der Waals surface area contributed by atoms with Crippen molar-refractivity contribution in [3.05, 3.63) is 41.8 Å². The van der Waals surface area contributed by atoms with E-state index in [0.29, 0.717) is 30.9 Å². The molecule has 0 aliphatic carbocycles. The van der Waals surface area contributed by atoms with Crippen molar-refractivity contribution in [2.24, 2.45) is 0 Å². The van der Waals surface area contributed by atoms with Crippen molar-refractivity contribution in [2.45, 2.75) is 19.4 Å². The number of rotatable bonds is 6. The lowest BCUT2D eigenvalue weighted by atomic mass is 10.2. The highest BCUT2D eigenvalue weighted by molar-refractivity contribution is 5.75. The Hall–Kier alpha value is -2.88. The van der Waals surface area contributed by atoms with Crippen molar-refractivity contribution < 1.29 is 9.18 Å². The molecule has 2 rings (SSSR count). The Morgan fingerprint density at radius 1 is 1.43 bits per heavy atom. The predicted octanol–water partition coefficient (Wildman–Crippen LogP) is 2.51. The summed E-state index contributed by atoms with van der Waals surface area (Å²) in [4.78, 5) is 13.1. The van der Waals surface area contributed by atoms with Gasteiger partial charge in [0.15, 0.2) is 5.82 Å². The number of anilines is 2. The van der Waals surface area contributed by atoms with E-state index >= 15 is 0 Å². The summed E-state index contributed by atoms with van der Waals surface area (Å²) in [5.74, 6) is 0.0269. The molecule has 0 spiro atoms. The third-order valence-electron chi connectivity index (χ3n) is 3.31. The fourth-order valence-corrected chi connectivity index (χ4v) is 2.05. The maximum atomic E-state index is 13.5. The van der Waals surface area contributed by atoms with Gasteiger partial charge in [0.25, 0.3) is 0 Å². The van der Waals surface area contributed by atoms with Crippen molar-refractivity contribution in [2.75, 3.05) is 19.4 Å². The van der Waals surface area contributed by atoms with Gasteiger partial charge >= 0.3 is 0 Å². The van der Waals surface area contributed by atoms with E-state index in [9.17, 15) is 9.18 Å². The minimum atomic E-state index is -0.570. The molecule has 0 aliphatic heterocycles. The Labute approximate surface area is 134 Å². The standard InChI is InChI=1S/C16H18FN5O/c1-21(2)16(23)7-4-9-22-10-8-15(20-22)19-14-6-3-5-13(17)12(14)11-18/h3,5-6,8,10H,4,7,9H2,1-2H3,(H,19,20). The fraction of sp³-hybridized carbons (Fsp3) is 0.312. The van der Waals surface area contributed by atoms with Gasteiger partial charge in [-0.1, -0.05) is 6.07 Å². The van der Waals surface area contributed by atoms with Crippen LogP contribution in [0.15, 0.2) is 30.5 Å². The van der Waals surface area contributed by atoms with Gasteiger partial charge in [0.1, 0.15) is 17.4 Å². The summed E-state index contributed by atoms with van der Waals surface area (Å²) in [6.45, 7) is 0.607. The first-order chi connectivity index (χ1) is 11.0. The number of carbonyl (C=O) groups excluding carboxylic acids is 1. The summed E-state index contributed by atoms with van der Waals surface area (Å²) in [6.07, 6.45) is 2.91. The monoisotopic (exact) mass is 315 g/mol. The van der Waals surface area contributed by atoms with Crippen LogP contribution in [0.5, 0.6) is 0 Å². The molecule has 0 atom stereocenters. The zero-order valence-electron chi connectivity index (χ0n) is 13.1. The summed E-state index contributed by atoms with van der Waals surface area (Å²) in [7, 11) is 3.45. The average molecular weight is 315 g/mol. The van der Waals surface area contributed by atoms with E-state index in [4.69, 9.17) is 5.26 Å². The zero-order valence-corrected chi connectivity index (χ0v) is 13.1. The first kappa shape index (κ1) is 16.5. The van der Waals surface area contributed by atoms with E-state index in [0.717, 1.165) is 0 Å². The van der Waals surface area contributed by atoms with E-state index < -0.39 is 5.82 Å². The van der Waals surface area contributed by atoms with E-state index in [2.05, 4.69) is 10.4 Å². The molecule has 0 saturated carbocycles. The lowest BCUT2D eigenvalue weighted by Crippen LogP contribution is -2.21. The van der Waals surface area contributed by atoms with Crippen LogP contribution in [0, 0.1) is 17.1 Å². The summed E-state index contributed by atoms with van der Waals surface area (Å²) in [5.41, 5.74) is 0.333. The highest BCUT2D eigenvalue weighted by Crippen LogP contribution is 2.21. The minimum absolute atomic E-state index is 0.0429. The number of carbonyl (C=O) groups is 1. The smallest absolute Gasteiger partial charge is 0.222 e. The number of aromatic nitrogens is 2. The highest BCUT2D eigenvalue weighted by atomic mass is 19.1. The molecule has 0 radical (unpaired) electrons. The van der Waals surface area contributed by atoms with Gasteiger partial charge in [-0.15, -0.1) is 0 Å². The van der Waals surface area contributed by atoms with Crippen LogP contribution in [0.3, 0.4) is 0 Å². The Morgan fingerprint density at radius 2 is 2.22 bits per heavy atom. The molecule has 1 amide bonds. The van der Waals surface area contributed by atoms with Gasteiger partial charge in [-0.25, -0.2) is 4.39 Å². The predicted molar refractivity (Wildman–Crippen MR) is 84.6 cm³/mol. The number of aryl methyl sites for hydroxylation is 1. The second-order valence-electron chi connectivity index (χ2n) is 5.25. The molecule has 0 unspecified atom stereocenters. The number of nitrogens with one attached hydrogen (secondary N) is 1. The quantitative estimate of drug-likeness (QED) is 0.889. The van der Waals surface area contributed by atoms with Crippen LogP contribution in [-0.2, 0) is 11.3 Å². The molecule has 23 heavy (non-hydrogen) atoms. The van der Waals surface area contributed by atoms with Crippen LogP contribution in [0.2, 0.25) is 0 Å². The largest absolute Gasteiger partial charge is 0.349 e. The second-order valence-corrected chi connectivity index (χ2v) is 5.25. The average Bonchev–Trinajstić information content (AvgIpc) is 2.95. The Morgan fingerprint density at radius 3 is 2.91 bits per heavy atom. The molecule has 1 N–H and O–H groups in total. The zero-order chi connectivity index (χ0) is 16.8.